The molecule has 23 heavy (non-hydrogen) atoms. The van der Waals surface area contributed by atoms with Crippen molar-refractivity contribution in [1.29, 1.82) is 0 Å². The fourth-order valence-corrected chi connectivity index (χ4v) is 3.29. The molecule has 1 aliphatic carbocycles. The highest BCUT2D eigenvalue weighted by molar-refractivity contribution is 5.43. The van der Waals surface area contributed by atoms with Crippen LogP contribution in [0.2, 0.25) is 0 Å². The van der Waals surface area contributed by atoms with Crippen molar-refractivity contribution in [1.82, 2.24) is 0 Å². The molecular formula is C18H19N3O2. The lowest BCUT2D eigenvalue weighted by molar-refractivity contribution is 0.409. The Bertz CT molecular complexity index is 736. The van der Waals surface area contributed by atoms with Crippen molar-refractivity contribution in [3.63, 3.8) is 0 Å². The molecule has 0 heterocycles. The molecule has 5 heteroatoms. The predicted octanol–water partition coefficient (Wildman–Crippen LogP) is 4.79. The van der Waals surface area contributed by atoms with Gasteiger partial charge in [0.2, 0.25) is 0 Å². The largest absolute Gasteiger partial charge is 0.497 e. The molecule has 0 aromatic heterocycles. The monoisotopic (exact) mass is 309 g/mol. The van der Waals surface area contributed by atoms with Crippen molar-refractivity contribution in [2.75, 3.05) is 14.2 Å². The Hall–Kier alpha value is -2.65. The minimum absolute atomic E-state index is 0.163. The molecule has 0 spiro atoms. The maximum atomic E-state index is 9.02. The SMILES string of the molecule is COc1ccc([C@H]2CCc3ccc(OC)cc3[C@@H]2N=[N+]=[N-])cc1. The number of nitrogens with zero attached hydrogens (tertiary/aromatic N) is 3. The van der Waals surface area contributed by atoms with Crippen molar-refractivity contribution in [2.45, 2.75) is 24.8 Å². The Morgan fingerprint density at radius 1 is 1.04 bits per heavy atom. The molecule has 118 valence electrons. The average molecular weight is 309 g/mol. The number of aryl methyl sites for hydroxylation is 1. The number of hydrogen-bond acceptors (Lipinski definition) is 3. The van der Waals surface area contributed by atoms with Crippen LogP contribution < -0.4 is 9.47 Å². The fourth-order valence-electron chi connectivity index (χ4n) is 3.29. The molecule has 0 bridgehead atoms. The highest BCUT2D eigenvalue weighted by Crippen LogP contribution is 2.44. The van der Waals surface area contributed by atoms with Crippen LogP contribution in [0.5, 0.6) is 11.5 Å². The number of azide groups is 1. The molecule has 0 radical (unpaired) electrons. The lowest BCUT2D eigenvalue weighted by Gasteiger charge is -2.31. The van der Waals surface area contributed by atoms with Gasteiger partial charge in [-0.1, -0.05) is 23.3 Å². The Kier molecular flexibility index (Phi) is 4.40. The van der Waals surface area contributed by atoms with E-state index in [1.165, 1.54) is 5.56 Å². The van der Waals surface area contributed by atoms with E-state index < -0.39 is 0 Å². The second-order valence-corrected chi connectivity index (χ2v) is 5.63. The molecular weight excluding hydrogens is 290 g/mol. The van der Waals surface area contributed by atoms with Gasteiger partial charge in [-0.3, -0.25) is 0 Å². The Morgan fingerprint density at radius 2 is 1.74 bits per heavy atom. The van der Waals surface area contributed by atoms with E-state index in [1.54, 1.807) is 14.2 Å². The zero-order valence-electron chi connectivity index (χ0n) is 13.3. The van der Waals surface area contributed by atoms with Gasteiger partial charge in [0.25, 0.3) is 0 Å². The molecule has 1 aliphatic rings. The summed E-state index contributed by atoms with van der Waals surface area (Å²) in [4.78, 5) is 3.08. The summed E-state index contributed by atoms with van der Waals surface area (Å²) in [5.74, 6) is 1.78. The predicted molar refractivity (Wildman–Crippen MR) is 88.9 cm³/mol. The highest BCUT2D eigenvalue weighted by Gasteiger charge is 2.30. The summed E-state index contributed by atoms with van der Waals surface area (Å²) >= 11 is 0. The summed E-state index contributed by atoms with van der Waals surface area (Å²) in [5.41, 5.74) is 12.5. The zero-order chi connectivity index (χ0) is 16.2. The topological polar surface area (TPSA) is 67.2 Å². The van der Waals surface area contributed by atoms with E-state index in [0.717, 1.165) is 35.5 Å². The molecule has 2 aromatic rings. The third-order valence-electron chi connectivity index (χ3n) is 4.50. The maximum absolute atomic E-state index is 9.02. The van der Waals surface area contributed by atoms with Crippen molar-refractivity contribution in [3.8, 4) is 11.5 Å². The van der Waals surface area contributed by atoms with E-state index in [-0.39, 0.29) is 12.0 Å². The van der Waals surface area contributed by atoms with Gasteiger partial charge in [-0.25, -0.2) is 0 Å². The minimum Gasteiger partial charge on any atom is -0.497 e. The Balaban J connectivity index is 2.02. The summed E-state index contributed by atoms with van der Waals surface area (Å²) in [7, 11) is 3.30. The molecule has 0 fully saturated rings. The standard InChI is InChI=1S/C18H19N3O2/c1-22-14-7-3-12(4-8-14)16-10-6-13-5-9-15(23-2)11-17(13)18(16)20-21-19/h3-5,7-9,11,16,18H,6,10H2,1-2H3/t16-,18-/m1/s1. The van der Waals surface area contributed by atoms with Crippen molar-refractivity contribution < 1.29 is 9.47 Å². The van der Waals surface area contributed by atoms with Crippen LogP contribution in [0.25, 0.3) is 10.4 Å². The van der Waals surface area contributed by atoms with Crippen LogP contribution in [-0.2, 0) is 6.42 Å². The number of methoxy groups -OCH3 is 2. The summed E-state index contributed by atoms with van der Waals surface area (Å²) < 4.78 is 10.5. The quantitative estimate of drug-likeness (QED) is 0.463. The highest BCUT2D eigenvalue weighted by atomic mass is 16.5. The number of benzene rings is 2. The van der Waals surface area contributed by atoms with Crippen LogP contribution >= 0.6 is 0 Å². The van der Waals surface area contributed by atoms with Crippen LogP contribution in [-0.4, -0.2) is 14.2 Å². The molecule has 3 rings (SSSR count). The summed E-state index contributed by atoms with van der Waals surface area (Å²) in [6.45, 7) is 0. The number of fused-ring (bicyclic) bond motifs is 1. The summed E-state index contributed by atoms with van der Waals surface area (Å²) in [6.07, 6.45) is 1.92. The first-order valence-electron chi connectivity index (χ1n) is 7.61. The average Bonchev–Trinajstić information content (AvgIpc) is 2.62. The van der Waals surface area contributed by atoms with Crippen LogP contribution in [0.3, 0.4) is 0 Å². The molecule has 0 unspecified atom stereocenters. The lowest BCUT2D eigenvalue weighted by Crippen LogP contribution is -2.17. The normalized spacial score (nSPS) is 19.4. The van der Waals surface area contributed by atoms with Gasteiger partial charge in [-0.05, 0) is 65.2 Å². The molecule has 2 aromatic carbocycles. The van der Waals surface area contributed by atoms with E-state index >= 15 is 0 Å². The smallest absolute Gasteiger partial charge is 0.119 e. The van der Waals surface area contributed by atoms with Gasteiger partial charge in [-0.2, -0.15) is 0 Å². The fraction of sp³-hybridized carbons (Fsp3) is 0.333. The van der Waals surface area contributed by atoms with Gasteiger partial charge in [0.1, 0.15) is 11.5 Å². The van der Waals surface area contributed by atoms with E-state index in [2.05, 4.69) is 28.2 Å². The van der Waals surface area contributed by atoms with Gasteiger partial charge in [0, 0.05) is 4.91 Å². The van der Waals surface area contributed by atoms with Crippen LogP contribution in [0, 0.1) is 0 Å². The van der Waals surface area contributed by atoms with Crippen LogP contribution in [0.1, 0.15) is 35.1 Å². The second-order valence-electron chi connectivity index (χ2n) is 5.63. The van der Waals surface area contributed by atoms with E-state index in [4.69, 9.17) is 15.0 Å². The maximum Gasteiger partial charge on any atom is 0.119 e. The van der Waals surface area contributed by atoms with Crippen molar-refractivity contribution in [2.24, 2.45) is 5.11 Å². The van der Waals surface area contributed by atoms with Gasteiger partial charge in [0.15, 0.2) is 0 Å². The number of ether oxygens (including phenoxy) is 2. The lowest BCUT2D eigenvalue weighted by atomic mass is 9.76. The van der Waals surface area contributed by atoms with Crippen LogP contribution in [0.15, 0.2) is 47.6 Å². The summed E-state index contributed by atoms with van der Waals surface area (Å²) in [5, 5.41) is 4.09. The van der Waals surface area contributed by atoms with Gasteiger partial charge >= 0.3 is 0 Å². The van der Waals surface area contributed by atoms with E-state index in [0.29, 0.717) is 0 Å². The second kappa shape index (κ2) is 6.63. The van der Waals surface area contributed by atoms with Crippen LogP contribution in [0.4, 0.5) is 0 Å². The molecule has 0 amide bonds. The first kappa shape index (κ1) is 15.3. The minimum atomic E-state index is -0.216. The third-order valence-corrected chi connectivity index (χ3v) is 4.50. The molecule has 0 N–H and O–H groups in total. The third kappa shape index (κ3) is 2.96. The molecule has 0 aliphatic heterocycles. The first-order chi connectivity index (χ1) is 11.3. The van der Waals surface area contributed by atoms with Crippen molar-refractivity contribution in [3.05, 3.63) is 69.6 Å². The molecule has 0 saturated carbocycles. The first-order valence-corrected chi connectivity index (χ1v) is 7.61. The van der Waals surface area contributed by atoms with Crippen molar-refractivity contribution >= 4 is 0 Å². The Morgan fingerprint density at radius 3 is 2.39 bits per heavy atom. The van der Waals surface area contributed by atoms with E-state index in [1.807, 2.05) is 24.3 Å². The van der Waals surface area contributed by atoms with Gasteiger partial charge in [0.05, 0.1) is 20.3 Å². The number of hydrogen-bond donors (Lipinski definition) is 0. The molecule has 2 atom stereocenters. The van der Waals surface area contributed by atoms with Gasteiger partial charge < -0.3 is 9.47 Å². The molecule has 0 saturated heterocycles. The summed E-state index contributed by atoms with van der Waals surface area (Å²) in [6, 6.07) is 13.8. The Labute approximate surface area is 135 Å². The van der Waals surface area contributed by atoms with E-state index in [9.17, 15) is 0 Å². The van der Waals surface area contributed by atoms with Gasteiger partial charge in [-0.15, -0.1) is 0 Å². The number of rotatable bonds is 4. The molecule has 5 nitrogen and oxygen atoms in total. The zero-order valence-corrected chi connectivity index (χ0v) is 13.3.